The van der Waals surface area contributed by atoms with Crippen LogP contribution in [0.5, 0.6) is 0 Å². The van der Waals surface area contributed by atoms with E-state index in [-0.39, 0.29) is 18.5 Å². The molecule has 5 heteroatoms. The SMILES string of the molecule is CCC.CCCCC1CCC(C2CCC(OCC3=C(F)C(F)=C(OC)CC3)CC2)OC1. The van der Waals surface area contributed by atoms with Gasteiger partial charge in [-0.3, -0.25) is 0 Å². The van der Waals surface area contributed by atoms with Crippen LogP contribution in [0.25, 0.3) is 0 Å². The average Bonchev–Trinajstić information content (AvgIpc) is 2.80. The molecule has 31 heavy (non-hydrogen) atoms. The van der Waals surface area contributed by atoms with E-state index in [4.69, 9.17) is 14.2 Å². The Hall–Kier alpha value is -0.940. The Morgan fingerprint density at radius 3 is 2.23 bits per heavy atom. The van der Waals surface area contributed by atoms with E-state index >= 15 is 0 Å². The summed E-state index contributed by atoms with van der Waals surface area (Å²) in [7, 11) is 1.38. The van der Waals surface area contributed by atoms with Gasteiger partial charge in [0.05, 0.1) is 25.9 Å². The molecular weight excluding hydrogens is 398 g/mol. The van der Waals surface area contributed by atoms with Crippen LogP contribution in [0, 0.1) is 11.8 Å². The first kappa shape index (κ1) is 26.3. The summed E-state index contributed by atoms with van der Waals surface area (Å²) in [5, 5.41) is 0. The van der Waals surface area contributed by atoms with Gasteiger partial charge in [0.25, 0.3) is 0 Å². The monoisotopic (exact) mass is 442 g/mol. The van der Waals surface area contributed by atoms with Crippen molar-refractivity contribution in [3.8, 4) is 0 Å². The standard InChI is InChI=1S/C23H36F2O3.C3H8/c1-3-4-5-16-6-12-20(28-14-16)17-7-10-19(11-8-17)27-15-18-9-13-21(26-2)23(25)22(18)24;1-3-2/h16-17,19-20H,3-15H2,1-2H3;3H2,1-2H3. The fraction of sp³-hybridized carbons (Fsp3) is 0.846. The van der Waals surface area contributed by atoms with Crippen LogP contribution in [0.2, 0.25) is 0 Å². The molecule has 1 saturated heterocycles. The lowest BCUT2D eigenvalue weighted by Gasteiger charge is -2.38. The largest absolute Gasteiger partial charge is 0.498 e. The molecule has 1 aliphatic heterocycles. The number of hydrogen-bond donors (Lipinski definition) is 0. The maximum Gasteiger partial charge on any atom is 0.196 e. The molecule has 0 aromatic carbocycles. The maximum atomic E-state index is 14.1. The van der Waals surface area contributed by atoms with E-state index in [2.05, 4.69) is 20.8 Å². The Labute approximate surface area is 188 Å². The minimum Gasteiger partial charge on any atom is -0.498 e. The van der Waals surface area contributed by atoms with Crippen LogP contribution in [-0.4, -0.2) is 32.5 Å². The lowest BCUT2D eigenvalue weighted by atomic mass is 9.80. The number of halogens is 2. The Morgan fingerprint density at radius 1 is 0.935 bits per heavy atom. The van der Waals surface area contributed by atoms with Gasteiger partial charge in [-0.1, -0.05) is 40.0 Å². The molecule has 3 rings (SSSR count). The highest BCUT2D eigenvalue weighted by atomic mass is 19.2. The highest BCUT2D eigenvalue weighted by Gasteiger charge is 2.32. The van der Waals surface area contributed by atoms with Gasteiger partial charge in [0.2, 0.25) is 0 Å². The molecule has 3 nitrogen and oxygen atoms in total. The zero-order valence-corrected chi connectivity index (χ0v) is 20.2. The molecule has 0 aromatic rings. The van der Waals surface area contributed by atoms with Crippen molar-refractivity contribution < 1.29 is 23.0 Å². The van der Waals surface area contributed by atoms with Crippen molar-refractivity contribution in [2.45, 2.75) is 110 Å². The van der Waals surface area contributed by atoms with Crippen molar-refractivity contribution in [1.29, 1.82) is 0 Å². The normalized spacial score (nSPS) is 29.5. The highest BCUT2D eigenvalue weighted by molar-refractivity contribution is 5.32. The molecule has 0 spiro atoms. The second-order valence-electron chi connectivity index (χ2n) is 9.37. The van der Waals surface area contributed by atoms with E-state index in [1.165, 1.54) is 45.6 Å². The third-order valence-corrected chi connectivity index (χ3v) is 6.76. The van der Waals surface area contributed by atoms with Crippen LogP contribution >= 0.6 is 0 Å². The van der Waals surface area contributed by atoms with Crippen molar-refractivity contribution in [2.24, 2.45) is 11.8 Å². The number of ether oxygens (including phenoxy) is 3. The van der Waals surface area contributed by atoms with Gasteiger partial charge in [-0.05, 0) is 68.8 Å². The Balaban J connectivity index is 0.00000107. The zero-order valence-electron chi connectivity index (χ0n) is 20.2. The van der Waals surface area contributed by atoms with Crippen molar-refractivity contribution in [3.05, 3.63) is 23.0 Å². The molecule has 180 valence electrons. The molecule has 2 aliphatic carbocycles. The van der Waals surface area contributed by atoms with E-state index in [1.54, 1.807) is 0 Å². The second-order valence-corrected chi connectivity index (χ2v) is 9.37. The summed E-state index contributed by atoms with van der Waals surface area (Å²) in [6.45, 7) is 7.61. The van der Waals surface area contributed by atoms with E-state index in [1.807, 2.05) is 0 Å². The number of allylic oxidation sites excluding steroid dienone is 3. The smallest absolute Gasteiger partial charge is 0.196 e. The van der Waals surface area contributed by atoms with E-state index in [0.717, 1.165) is 38.2 Å². The molecule has 1 heterocycles. The van der Waals surface area contributed by atoms with Crippen LogP contribution < -0.4 is 0 Å². The van der Waals surface area contributed by atoms with Gasteiger partial charge in [-0.15, -0.1) is 0 Å². The molecule has 0 bridgehead atoms. The number of unbranched alkanes of at least 4 members (excludes halogenated alkanes) is 1. The molecule has 3 aliphatic rings. The molecule has 0 amide bonds. The van der Waals surface area contributed by atoms with Gasteiger partial charge in [0, 0.05) is 13.0 Å². The fourth-order valence-corrected chi connectivity index (χ4v) is 4.85. The predicted octanol–water partition coefficient (Wildman–Crippen LogP) is 7.81. The lowest BCUT2D eigenvalue weighted by Crippen LogP contribution is -2.35. The van der Waals surface area contributed by atoms with Crippen molar-refractivity contribution >= 4 is 0 Å². The quantitative estimate of drug-likeness (QED) is 0.384. The minimum atomic E-state index is -0.859. The molecule has 1 saturated carbocycles. The van der Waals surface area contributed by atoms with Crippen LogP contribution in [0.15, 0.2) is 23.0 Å². The molecule has 2 unspecified atom stereocenters. The lowest BCUT2D eigenvalue weighted by molar-refractivity contribution is -0.0696. The number of hydrogen-bond acceptors (Lipinski definition) is 3. The van der Waals surface area contributed by atoms with Gasteiger partial charge in [0.1, 0.15) is 5.76 Å². The van der Waals surface area contributed by atoms with Gasteiger partial charge in [-0.25, -0.2) is 8.78 Å². The first-order valence-electron chi connectivity index (χ1n) is 12.6. The van der Waals surface area contributed by atoms with E-state index < -0.39 is 11.7 Å². The summed E-state index contributed by atoms with van der Waals surface area (Å²) in [5.74, 6) is -0.163. The molecule has 2 atom stereocenters. The molecule has 0 radical (unpaired) electrons. The molecule has 0 N–H and O–H groups in total. The number of methoxy groups -OCH3 is 1. The van der Waals surface area contributed by atoms with Crippen LogP contribution in [0.4, 0.5) is 8.78 Å². The topological polar surface area (TPSA) is 27.7 Å². The average molecular weight is 443 g/mol. The Kier molecular flexibility index (Phi) is 12.1. The van der Waals surface area contributed by atoms with Crippen molar-refractivity contribution in [2.75, 3.05) is 20.3 Å². The molecule has 0 aromatic heterocycles. The van der Waals surface area contributed by atoms with Gasteiger partial charge in [0.15, 0.2) is 11.7 Å². The summed E-state index contributed by atoms with van der Waals surface area (Å²) >= 11 is 0. The predicted molar refractivity (Wildman–Crippen MR) is 122 cm³/mol. The maximum absolute atomic E-state index is 14.1. The summed E-state index contributed by atoms with van der Waals surface area (Å²) in [6, 6.07) is 0. The van der Waals surface area contributed by atoms with Gasteiger partial charge < -0.3 is 14.2 Å². The summed E-state index contributed by atoms with van der Waals surface area (Å²) in [5.41, 5.74) is 0.425. The van der Waals surface area contributed by atoms with E-state index in [9.17, 15) is 8.78 Å². The first-order chi connectivity index (χ1) is 15.0. The Bertz CT molecular complexity index is 571. The van der Waals surface area contributed by atoms with Crippen LogP contribution in [0.3, 0.4) is 0 Å². The van der Waals surface area contributed by atoms with Gasteiger partial charge in [-0.2, -0.15) is 0 Å². The van der Waals surface area contributed by atoms with Crippen molar-refractivity contribution in [1.82, 2.24) is 0 Å². The zero-order chi connectivity index (χ0) is 22.6. The van der Waals surface area contributed by atoms with E-state index in [0.29, 0.717) is 30.4 Å². The summed E-state index contributed by atoms with van der Waals surface area (Å²) in [4.78, 5) is 0. The number of rotatable bonds is 8. The van der Waals surface area contributed by atoms with Crippen LogP contribution in [0.1, 0.15) is 97.8 Å². The fourth-order valence-electron chi connectivity index (χ4n) is 4.85. The highest BCUT2D eigenvalue weighted by Crippen LogP contribution is 2.37. The minimum absolute atomic E-state index is 0.103. The van der Waals surface area contributed by atoms with Crippen LogP contribution in [-0.2, 0) is 14.2 Å². The van der Waals surface area contributed by atoms with Crippen molar-refractivity contribution in [3.63, 3.8) is 0 Å². The summed E-state index contributed by atoms with van der Waals surface area (Å²) < 4.78 is 45.0. The van der Waals surface area contributed by atoms with Gasteiger partial charge >= 0.3 is 0 Å². The second kappa shape index (κ2) is 14.3. The first-order valence-corrected chi connectivity index (χ1v) is 12.6. The third kappa shape index (κ3) is 8.16. The third-order valence-electron chi connectivity index (χ3n) is 6.76. The molecule has 2 fully saturated rings. The Morgan fingerprint density at radius 2 is 1.65 bits per heavy atom. The molecular formula is C26H44F2O3. The summed E-state index contributed by atoms with van der Waals surface area (Å²) in [6.07, 6.45) is 13.2.